The van der Waals surface area contributed by atoms with Crippen molar-refractivity contribution in [2.24, 2.45) is 0 Å². The number of ether oxygens (including phenoxy) is 1. The first-order valence-corrected chi connectivity index (χ1v) is 6.25. The zero-order valence-electron chi connectivity index (χ0n) is 9.59. The molecule has 1 aromatic rings. The number of hydrogen-bond acceptors (Lipinski definition) is 3. The smallest absolute Gasteiger partial charge is 0.138 e. The van der Waals surface area contributed by atoms with E-state index in [2.05, 4.69) is 12.2 Å². The molecular weight excluding hydrogens is 261 g/mol. The zero-order valence-corrected chi connectivity index (χ0v) is 11.1. The predicted molar refractivity (Wildman–Crippen MR) is 68.8 cm³/mol. The van der Waals surface area contributed by atoms with Gasteiger partial charge in [0.2, 0.25) is 0 Å². The molecule has 94 valence electrons. The average Bonchev–Trinajstić information content (AvgIpc) is 2.69. The molecule has 1 unspecified atom stereocenters. The van der Waals surface area contributed by atoms with Crippen molar-refractivity contribution in [1.82, 2.24) is 5.32 Å². The third kappa shape index (κ3) is 3.05. The number of aromatic hydroxyl groups is 1. The Morgan fingerprint density at radius 1 is 1.47 bits per heavy atom. The van der Waals surface area contributed by atoms with Gasteiger partial charge in [0.25, 0.3) is 0 Å². The van der Waals surface area contributed by atoms with Gasteiger partial charge >= 0.3 is 0 Å². The van der Waals surface area contributed by atoms with Gasteiger partial charge in [-0.15, -0.1) is 0 Å². The van der Waals surface area contributed by atoms with E-state index in [9.17, 15) is 5.11 Å². The summed E-state index contributed by atoms with van der Waals surface area (Å²) >= 11 is 11.8. The van der Waals surface area contributed by atoms with Crippen LogP contribution in [0.4, 0.5) is 0 Å². The number of rotatable bonds is 3. The number of phenols is 1. The summed E-state index contributed by atoms with van der Waals surface area (Å²) in [6, 6.07) is 3.25. The summed E-state index contributed by atoms with van der Waals surface area (Å²) in [6.07, 6.45) is 0.960. The third-order valence-electron chi connectivity index (χ3n) is 3.03. The minimum Gasteiger partial charge on any atom is -0.506 e. The monoisotopic (exact) mass is 275 g/mol. The fourth-order valence-corrected chi connectivity index (χ4v) is 2.40. The van der Waals surface area contributed by atoms with Gasteiger partial charge in [-0.05, 0) is 25.5 Å². The van der Waals surface area contributed by atoms with Crippen molar-refractivity contribution in [2.45, 2.75) is 25.4 Å². The van der Waals surface area contributed by atoms with Crippen LogP contribution in [-0.2, 0) is 11.3 Å². The van der Waals surface area contributed by atoms with E-state index in [-0.39, 0.29) is 16.3 Å². The molecule has 0 bridgehead atoms. The van der Waals surface area contributed by atoms with E-state index in [1.54, 1.807) is 6.07 Å². The number of hydrogen-bond donors (Lipinski definition) is 2. The fourth-order valence-electron chi connectivity index (χ4n) is 1.87. The van der Waals surface area contributed by atoms with Crippen LogP contribution in [0.5, 0.6) is 5.75 Å². The van der Waals surface area contributed by atoms with E-state index < -0.39 is 0 Å². The van der Waals surface area contributed by atoms with Crippen LogP contribution >= 0.6 is 23.2 Å². The Kier molecular flexibility index (Phi) is 3.83. The molecule has 2 rings (SSSR count). The van der Waals surface area contributed by atoms with E-state index in [4.69, 9.17) is 27.9 Å². The van der Waals surface area contributed by atoms with Crippen molar-refractivity contribution < 1.29 is 9.84 Å². The Bertz CT molecular complexity index is 417. The van der Waals surface area contributed by atoms with Crippen LogP contribution in [0.3, 0.4) is 0 Å². The highest BCUT2D eigenvalue weighted by Crippen LogP contribution is 2.31. The van der Waals surface area contributed by atoms with Crippen LogP contribution in [0.1, 0.15) is 18.9 Å². The quantitative estimate of drug-likeness (QED) is 0.891. The van der Waals surface area contributed by atoms with Crippen LogP contribution < -0.4 is 5.32 Å². The van der Waals surface area contributed by atoms with Crippen molar-refractivity contribution >= 4 is 23.2 Å². The van der Waals surface area contributed by atoms with Crippen LogP contribution in [0, 0.1) is 0 Å². The lowest BCUT2D eigenvalue weighted by molar-refractivity contribution is 0.171. The maximum absolute atomic E-state index is 9.82. The first-order valence-electron chi connectivity index (χ1n) is 5.50. The van der Waals surface area contributed by atoms with Crippen molar-refractivity contribution in [3.8, 4) is 5.75 Å². The first kappa shape index (κ1) is 13.0. The molecule has 0 radical (unpaired) electrons. The SMILES string of the molecule is CC1(NCc2cc(Cl)cc(Cl)c2O)CCOC1. The van der Waals surface area contributed by atoms with Gasteiger partial charge < -0.3 is 15.2 Å². The van der Waals surface area contributed by atoms with Crippen LogP contribution in [0.25, 0.3) is 0 Å². The molecule has 5 heteroatoms. The van der Waals surface area contributed by atoms with E-state index in [0.29, 0.717) is 23.7 Å². The highest BCUT2D eigenvalue weighted by atomic mass is 35.5. The summed E-state index contributed by atoms with van der Waals surface area (Å²) in [5.41, 5.74) is 0.664. The largest absolute Gasteiger partial charge is 0.506 e. The summed E-state index contributed by atoms with van der Waals surface area (Å²) in [6.45, 7) is 4.07. The lowest BCUT2D eigenvalue weighted by atomic mass is 10.0. The Morgan fingerprint density at radius 2 is 2.24 bits per heavy atom. The molecule has 2 N–H and O–H groups in total. The van der Waals surface area contributed by atoms with Gasteiger partial charge in [-0.1, -0.05) is 23.2 Å². The molecule has 1 heterocycles. The van der Waals surface area contributed by atoms with E-state index >= 15 is 0 Å². The molecule has 1 aromatic carbocycles. The normalized spacial score (nSPS) is 24.2. The minimum absolute atomic E-state index is 0.0404. The van der Waals surface area contributed by atoms with Gasteiger partial charge in [0, 0.05) is 29.3 Å². The van der Waals surface area contributed by atoms with Gasteiger partial charge in [0.05, 0.1) is 11.6 Å². The van der Waals surface area contributed by atoms with Crippen LogP contribution in [0.2, 0.25) is 10.0 Å². The summed E-state index contributed by atoms with van der Waals surface area (Å²) in [5.74, 6) is 0.0890. The van der Waals surface area contributed by atoms with Crippen molar-refractivity contribution in [3.63, 3.8) is 0 Å². The summed E-state index contributed by atoms with van der Waals surface area (Å²) < 4.78 is 5.35. The second-order valence-corrected chi connectivity index (χ2v) is 5.46. The molecule has 3 nitrogen and oxygen atoms in total. The average molecular weight is 276 g/mol. The topological polar surface area (TPSA) is 41.5 Å². The predicted octanol–water partition coefficient (Wildman–Crippen LogP) is 2.97. The highest BCUT2D eigenvalue weighted by molar-refractivity contribution is 6.35. The standard InChI is InChI=1S/C12H15Cl2NO2/c1-12(2-3-17-7-12)15-6-8-4-9(13)5-10(14)11(8)16/h4-5,15-16H,2-3,6-7H2,1H3. The lowest BCUT2D eigenvalue weighted by Gasteiger charge is -2.24. The second-order valence-electron chi connectivity index (χ2n) is 4.61. The van der Waals surface area contributed by atoms with Gasteiger partial charge in [0.1, 0.15) is 5.75 Å². The second kappa shape index (κ2) is 5.02. The van der Waals surface area contributed by atoms with E-state index in [1.807, 2.05) is 0 Å². The maximum Gasteiger partial charge on any atom is 0.138 e. The molecule has 1 saturated heterocycles. The van der Waals surface area contributed by atoms with Crippen molar-refractivity contribution in [2.75, 3.05) is 13.2 Å². The van der Waals surface area contributed by atoms with Gasteiger partial charge in [0.15, 0.2) is 0 Å². The number of phenolic OH excluding ortho intramolecular Hbond substituents is 1. The van der Waals surface area contributed by atoms with Gasteiger partial charge in [-0.25, -0.2) is 0 Å². The van der Waals surface area contributed by atoms with Crippen molar-refractivity contribution in [3.05, 3.63) is 27.7 Å². The zero-order chi connectivity index (χ0) is 12.5. The Balaban J connectivity index is 2.08. The molecule has 1 atom stereocenters. The molecule has 1 aliphatic rings. The van der Waals surface area contributed by atoms with Crippen molar-refractivity contribution in [1.29, 1.82) is 0 Å². The molecule has 0 aliphatic carbocycles. The minimum atomic E-state index is -0.0404. The number of benzene rings is 1. The van der Waals surface area contributed by atoms with Crippen LogP contribution in [-0.4, -0.2) is 23.9 Å². The molecule has 1 aliphatic heterocycles. The van der Waals surface area contributed by atoms with Gasteiger partial charge in [-0.2, -0.15) is 0 Å². The Hall–Kier alpha value is -0.480. The van der Waals surface area contributed by atoms with E-state index in [1.165, 1.54) is 6.07 Å². The molecule has 0 saturated carbocycles. The third-order valence-corrected chi connectivity index (χ3v) is 3.54. The molecule has 17 heavy (non-hydrogen) atoms. The molecular formula is C12H15Cl2NO2. The molecule has 1 fully saturated rings. The Labute approximate surface area is 111 Å². The summed E-state index contributed by atoms with van der Waals surface area (Å²) in [4.78, 5) is 0. The van der Waals surface area contributed by atoms with Gasteiger partial charge in [-0.3, -0.25) is 0 Å². The highest BCUT2D eigenvalue weighted by Gasteiger charge is 2.29. The number of halogens is 2. The molecule has 0 spiro atoms. The maximum atomic E-state index is 9.82. The van der Waals surface area contributed by atoms with Crippen LogP contribution in [0.15, 0.2) is 12.1 Å². The summed E-state index contributed by atoms with van der Waals surface area (Å²) in [7, 11) is 0. The van der Waals surface area contributed by atoms with E-state index in [0.717, 1.165) is 13.0 Å². The molecule has 0 amide bonds. The first-order chi connectivity index (χ1) is 8.00. The summed E-state index contributed by atoms with van der Waals surface area (Å²) in [5, 5.41) is 14.0. The molecule has 0 aromatic heterocycles. The lowest BCUT2D eigenvalue weighted by Crippen LogP contribution is -2.42. The Morgan fingerprint density at radius 3 is 2.88 bits per heavy atom. The number of nitrogens with one attached hydrogen (secondary N) is 1. The fraction of sp³-hybridized carbons (Fsp3) is 0.500.